The smallest absolute Gasteiger partial charge is 0.261 e. The van der Waals surface area contributed by atoms with Gasteiger partial charge in [-0.2, -0.15) is 0 Å². The molecule has 1 radical (unpaired) electrons. The van der Waals surface area contributed by atoms with Gasteiger partial charge in [0.2, 0.25) is 5.91 Å². The van der Waals surface area contributed by atoms with Gasteiger partial charge in [0.15, 0.2) is 9.84 Å². The van der Waals surface area contributed by atoms with Crippen molar-refractivity contribution in [3.63, 3.8) is 0 Å². The first-order valence-electron chi connectivity index (χ1n) is 12.5. The number of sulfone groups is 1. The molecule has 1 saturated carbocycles. The van der Waals surface area contributed by atoms with Crippen LogP contribution in [0.4, 0.5) is 15.8 Å². The molecule has 1 N–H and O–H groups in total. The second-order valence-electron chi connectivity index (χ2n) is 9.72. The van der Waals surface area contributed by atoms with Crippen LogP contribution in [0.25, 0.3) is 0 Å². The highest BCUT2D eigenvalue weighted by Gasteiger charge is 2.32. The first-order chi connectivity index (χ1) is 17.6. The molecule has 0 saturated heterocycles. The monoisotopic (exact) mass is 523 g/mol. The Morgan fingerprint density at radius 2 is 1.89 bits per heavy atom. The largest absolute Gasteiger partial charge is 0.326 e. The number of hydrogen-bond donors (Lipinski definition) is 1. The minimum atomic E-state index is -3.23. The Morgan fingerprint density at radius 1 is 1.14 bits per heavy atom. The number of halogens is 1. The topological polar surface area (TPSA) is 83.6 Å². The summed E-state index contributed by atoms with van der Waals surface area (Å²) in [6.07, 6.45) is 8.48. The molecule has 4 rings (SSSR count). The number of rotatable bonds is 9. The van der Waals surface area contributed by atoms with E-state index in [9.17, 15) is 22.4 Å². The first kappa shape index (κ1) is 26.8. The van der Waals surface area contributed by atoms with E-state index < -0.39 is 26.8 Å². The summed E-state index contributed by atoms with van der Waals surface area (Å²) in [7, 11) is -3.23. The highest BCUT2D eigenvalue weighted by atomic mass is 32.2. The minimum Gasteiger partial charge on any atom is -0.326 e. The maximum absolute atomic E-state index is 15.0. The van der Waals surface area contributed by atoms with Crippen LogP contribution in [-0.2, 0) is 14.6 Å². The van der Waals surface area contributed by atoms with Crippen LogP contribution in [0, 0.1) is 32.0 Å². The van der Waals surface area contributed by atoms with Crippen LogP contribution in [0.1, 0.15) is 47.7 Å². The summed E-state index contributed by atoms with van der Waals surface area (Å²) >= 11 is 0. The summed E-state index contributed by atoms with van der Waals surface area (Å²) in [5, 5.41) is 1.99. The SMILES string of the molecule is CCN(C(=O)c1ccc(NC(=O)CC2=C[CH]C(S(=O)(=O)CC3CC3)C=C2)cc1F)c1cccc(C)c1C. The molecular formula is C29H32FN2O4S. The van der Waals surface area contributed by atoms with E-state index in [4.69, 9.17) is 0 Å². The zero-order valence-corrected chi connectivity index (χ0v) is 22.1. The van der Waals surface area contributed by atoms with Gasteiger partial charge in [-0.1, -0.05) is 30.4 Å². The summed E-state index contributed by atoms with van der Waals surface area (Å²) in [6, 6.07) is 9.69. The Kier molecular flexibility index (Phi) is 7.97. The second-order valence-corrected chi connectivity index (χ2v) is 11.9. The van der Waals surface area contributed by atoms with E-state index >= 15 is 0 Å². The van der Waals surface area contributed by atoms with Gasteiger partial charge >= 0.3 is 0 Å². The minimum absolute atomic E-state index is 0.0148. The van der Waals surface area contributed by atoms with Crippen molar-refractivity contribution in [2.24, 2.45) is 5.92 Å². The van der Waals surface area contributed by atoms with Crippen LogP contribution in [0.3, 0.4) is 0 Å². The molecule has 1 atom stereocenters. The number of hydrogen-bond acceptors (Lipinski definition) is 4. The second kappa shape index (κ2) is 11.0. The fourth-order valence-electron chi connectivity index (χ4n) is 4.39. The number of anilines is 2. The zero-order chi connectivity index (χ0) is 26.7. The van der Waals surface area contributed by atoms with Crippen molar-refractivity contribution in [1.29, 1.82) is 0 Å². The van der Waals surface area contributed by atoms with Gasteiger partial charge in [-0.05, 0) is 80.5 Å². The van der Waals surface area contributed by atoms with Gasteiger partial charge in [0.1, 0.15) is 5.82 Å². The third-order valence-electron chi connectivity index (χ3n) is 6.86. The van der Waals surface area contributed by atoms with Crippen LogP contribution in [0.15, 0.2) is 60.2 Å². The molecule has 6 nitrogen and oxygen atoms in total. The molecule has 2 aromatic rings. The molecule has 0 aliphatic heterocycles. The number of aryl methyl sites for hydroxylation is 1. The maximum Gasteiger partial charge on any atom is 0.261 e. The van der Waals surface area contributed by atoms with Crippen LogP contribution >= 0.6 is 0 Å². The lowest BCUT2D eigenvalue weighted by molar-refractivity contribution is -0.115. The molecule has 37 heavy (non-hydrogen) atoms. The average molecular weight is 524 g/mol. The van der Waals surface area contributed by atoms with E-state index in [0.717, 1.165) is 35.7 Å². The fourth-order valence-corrected chi connectivity index (χ4v) is 6.24. The average Bonchev–Trinajstić information content (AvgIpc) is 3.66. The van der Waals surface area contributed by atoms with Crippen LogP contribution < -0.4 is 10.2 Å². The van der Waals surface area contributed by atoms with Crippen molar-refractivity contribution in [3.05, 3.63) is 89.1 Å². The molecule has 2 aliphatic rings. The van der Waals surface area contributed by atoms with Gasteiger partial charge in [-0.25, -0.2) is 12.8 Å². The summed E-state index contributed by atoms with van der Waals surface area (Å²) in [5.74, 6) is -1.06. The third kappa shape index (κ3) is 6.36. The quantitative estimate of drug-likeness (QED) is 0.482. The van der Waals surface area contributed by atoms with E-state index in [1.54, 1.807) is 24.6 Å². The number of nitrogens with zero attached hydrogens (tertiary/aromatic N) is 1. The highest BCUT2D eigenvalue weighted by molar-refractivity contribution is 7.92. The standard InChI is InChI=1S/C29H32FN2O4S/c1-4-32(27-7-5-6-19(2)20(27)3)29(34)25-15-12-23(17-26(25)30)31-28(33)16-21-10-13-24(14-11-21)37(35,36)18-22-8-9-22/h5-7,10-15,17,22,24H,4,8-9,16,18H2,1-3H3,(H,31,33). The molecule has 2 aliphatic carbocycles. The first-order valence-corrected chi connectivity index (χ1v) is 14.2. The zero-order valence-electron chi connectivity index (χ0n) is 21.3. The van der Waals surface area contributed by atoms with Crippen molar-refractivity contribution < 1.29 is 22.4 Å². The van der Waals surface area contributed by atoms with Gasteiger partial charge in [-0.3, -0.25) is 9.59 Å². The molecule has 0 aromatic heterocycles. The molecular weight excluding hydrogens is 491 g/mol. The van der Waals surface area contributed by atoms with Crippen molar-refractivity contribution in [2.45, 2.75) is 45.3 Å². The normalized spacial score (nSPS) is 17.3. The number of benzene rings is 2. The number of allylic oxidation sites excluding steroid dienone is 2. The van der Waals surface area contributed by atoms with E-state index in [0.29, 0.717) is 12.1 Å². The van der Waals surface area contributed by atoms with Crippen molar-refractivity contribution in [2.75, 3.05) is 22.5 Å². The number of carbonyl (C=O) groups excluding carboxylic acids is 2. The van der Waals surface area contributed by atoms with Crippen LogP contribution in [0.5, 0.6) is 0 Å². The Balaban J connectivity index is 1.38. The van der Waals surface area contributed by atoms with Gasteiger partial charge in [0.25, 0.3) is 5.91 Å². The predicted octanol–water partition coefficient (Wildman–Crippen LogP) is 5.33. The summed E-state index contributed by atoms with van der Waals surface area (Å²) < 4.78 is 39.8. The molecule has 1 fully saturated rings. The molecule has 2 aromatic carbocycles. The number of amides is 2. The molecule has 1 unspecified atom stereocenters. The highest BCUT2D eigenvalue weighted by Crippen LogP contribution is 2.32. The molecule has 0 bridgehead atoms. The fraction of sp³-hybridized carbons (Fsp3) is 0.345. The van der Waals surface area contributed by atoms with Crippen LogP contribution in [0.2, 0.25) is 0 Å². The molecule has 8 heteroatoms. The van der Waals surface area contributed by atoms with E-state index in [1.165, 1.54) is 17.0 Å². The van der Waals surface area contributed by atoms with Gasteiger partial charge in [-0.15, -0.1) is 0 Å². The maximum atomic E-state index is 15.0. The lowest BCUT2D eigenvalue weighted by Crippen LogP contribution is -2.32. The van der Waals surface area contributed by atoms with E-state index in [2.05, 4.69) is 5.32 Å². The number of carbonyl (C=O) groups is 2. The Labute approximate surface area is 218 Å². The molecule has 195 valence electrons. The summed E-state index contributed by atoms with van der Waals surface area (Å²) in [5.41, 5.74) is 3.55. The van der Waals surface area contributed by atoms with E-state index in [1.807, 2.05) is 39.0 Å². The lowest BCUT2D eigenvalue weighted by Gasteiger charge is -2.24. The molecule has 0 spiro atoms. The number of nitrogens with one attached hydrogen (secondary N) is 1. The van der Waals surface area contributed by atoms with Crippen molar-refractivity contribution in [3.8, 4) is 0 Å². The van der Waals surface area contributed by atoms with Crippen molar-refractivity contribution in [1.82, 2.24) is 0 Å². The van der Waals surface area contributed by atoms with E-state index in [-0.39, 0.29) is 35.2 Å². The predicted molar refractivity (Wildman–Crippen MR) is 145 cm³/mol. The summed E-state index contributed by atoms with van der Waals surface area (Å²) in [4.78, 5) is 27.2. The Bertz CT molecular complexity index is 1380. The molecule has 0 heterocycles. The van der Waals surface area contributed by atoms with Gasteiger partial charge < -0.3 is 10.2 Å². The Morgan fingerprint density at radius 3 is 2.51 bits per heavy atom. The third-order valence-corrected chi connectivity index (χ3v) is 8.94. The van der Waals surface area contributed by atoms with Crippen LogP contribution in [-0.4, -0.2) is 37.8 Å². The Hall–Kier alpha value is -3.26. The summed E-state index contributed by atoms with van der Waals surface area (Å²) in [6.45, 7) is 6.10. The lowest BCUT2D eigenvalue weighted by atomic mass is 10.0. The van der Waals surface area contributed by atoms with Crippen molar-refractivity contribution >= 4 is 33.0 Å². The molecule has 2 amide bonds. The van der Waals surface area contributed by atoms with Gasteiger partial charge in [0.05, 0.1) is 23.0 Å². The van der Waals surface area contributed by atoms with Gasteiger partial charge in [0, 0.05) is 24.3 Å².